The highest BCUT2D eigenvalue weighted by Gasteiger charge is 2.33. The van der Waals surface area contributed by atoms with Crippen molar-refractivity contribution >= 4 is 5.91 Å². The normalized spacial score (nSPS) is 20.1. The Morgan fingerprint density at radius 3 is 2.27 bits per heavy atom. The molecular weight excluding hydrogens is 376 g/mol. The van der Waals surface area contributed by atoms with Gasteiger partial charge in [0.15, 0.2) is 0 Å². The van der Waals surface area contributed by atoms with Crippen LogP contribution < -0.4 is 0 Å². The number of nitrogens with zero attached hydrogens (tertiary/aromatic N) is 4. The fourth-order valence-corrected chi connectivity index (χ4v) is 4.85. The maximum absolute atomic E-state index is 13.0. The first kappa shape index (κ1) is 20.7. The van der Waals surface area contributed by atoms with Crippen LogP contribution in [0.5, 0.6) is 0 Å². The maximum Gasteiger partial charge on any atom is 0.225 e. The molecule has 2 fully saturated rings. The van der Waals surface area contributed by atoms with Crippen LogP contribution in [-0.2, 0) is 11.3 Å². The maximum atomic E-state index is 13.0. The predicted octanol–water partition coefficient (Wildman–Crippen LogP) is 4.04. The van der Waals surface area contributed by atoms with Crippen molar-refractivity contribution in [2.24, 2.45) is 17.0 Å². The van der Waals surface area contributed by atoms with Crippen molar-refractivity contribution in [2.45, 2.75) is 38.3 Å². The second kappa shape index (κ2) is 9.94. The van der Waals surface area contributed by atoms with Gasteiger partial charge < -0.3 is 4.90 Å². The van der Waals surface area contributed by atoms with Crippen LogP contribution in [0.4, 0.5) is 0 Å². The van der Waals surface area contributed by atoms with Crippen LogP contribution in [0, 0.1) is 16.7 Å². The van der Waals surface area contributed by atoms with Gasteiger partial charge in [-0.1, -0.05) is 35.5 Å². The summed E-state index contributed by atoms with van der Waals surface area (Å²) in [6.45, 7) is 4.31. The molecule has 3 heterocycles. The average Bonchev–Trinajstić information content (AvgIpc) is 2.81. The van der Waals surface area contributed by atoms with Crippen LogP contribution in [-0.4, -0.2) is 46.9 Å². The fraction of sp³-hybridized carbons (Fsp3) is 0.500. The topological polar surface area (TPSA) is 65.9 Å². The molecule has 158 valence electrons. The van der Waals surface area contributed by atoms with Crippen LogP contribution >= 0.6 is 0 Å². The van der Waals surface area contributed by atoms with E-state index in [1.54, 1.807) is 0 Å². The lowest BCUT2D eigenvalue weighted by molar-refractivity contribution is -0.138. The highest BCUT2D eigenvalue weighted by atomic mass is 16.3. The number of carbonyl (C=O) groups excluding carboxylic acids is 1. The van der Waals surface area contributed by atoms with E-state index in [-0.39, 0.29) is 17.9 Å². The third kappa shape index (κ3) is 4.93. The summed E-state index contributed by atoms with van der Waals surface area (Å²) in [5, 5.41) is 3.42. The van der Waals surface area contributed by atoms with Crippen molar-refractivity contribution in [1.29, 1.82) is 0 Å². The average molecular weight is 407 g/mol. The van der Waals surface area contributed by atoms with E-state index in [4.69, 9.17) is 0 Å². The van der Waals surface area contributed by atoms with E-state index in [9.17, 15) is 9.70 Å². The van der Waals surface area contributed by atoms with Gasteiger partial charge in [0, 0.05) is 37.9 Å². The standard InChI is InChI=1S/C24H30N4O2/c29-24(22-8-14-27(15-9-22)18-19-6-12-25-13-7-19)28-16-10-21(11-17-28)23(26-30)20-4-2-1-3-5-20/h1-7,12-13,21-23H,8-11,14-18H2. The Bertz CT molecular complexity index is 814. The summed E-state index contributed by atoms with van der Waals surface area (Å²) in [6.07, 6.45) is 7.20. The number of rotatable bonds is 6. The minimum absolute atomic E-state index is 0.129. The van der Waals surface area contributed by atoms with Crippen molar-refractivity contribution in [3.8, 4) is 0 Å². The molecule has 0 saturated carbocycles. The van der Waals surface area contributed by atoms with E-state index >= 15 is 0 Å². The molecule has 2 saturated heterocycles. The molecule has 6 heteroatoms. The SMILES string of the molecule is O=NC(c1ccccc1)C1CCN(C(=O)C2CCN(Cc3ccncc3)CC2)CC1. The van der Waals surface area contributed by atoms with Gasteiger partial charge in [-0.25, -0.2) is 0 Å². The summed E-state index contributed by atoms with van der Waals surface area (Å²) in [5.41, 5.74) is 2.26. The Balaban J connectivity index is 1.25. The van der Waals surface area contributed by atoms with Gasteiger partial charge in [-0.2, -0.15) is 4.91 Å². The third-order valence-electron chi connectivity index (χ3n) is 6.64. The summed E-state index contributed by atoms with van der Waals surface area (Å²) >= 11 is 0. The van der Waals surface area contributed by atoms with Gasteiger partial charge in [-0.05, 0) is 68.0 Å². The summed E-state index contributed by atoms with van der Waals surface area (Å²) in [5.74, 6) is 0.646. The number of amides is 1. The summed E-state index contributed by atoms with van der Waals surface area (Å²) in [6, 6.07) is 13.6. The molecule has 1 atom stereocenters. The second-order valence-corrected chi connectivity index (χ2v) is 8.53. The smallest absolute Gasteiger partial charge is 0.225 e. The Kier molecular flexibility index (Phi) is 6.84. The fourth-order valence-electron chi connectivity index (χ4n) is 4.85. The number of likely N-dealkylation sites (tertiary alicyclic amines) is 2. The van der Waals surface area contributed by atoms with Crippen LogP contribution in [0.3, 0.4) is 0 Å². The largest absolute Gasteiger partial charge is 0.342 e. The van der Waals surface area contributed by atoms with Gasteiger partial charge in [-0.15, -0.1) is 0 Å². The molecule has 0 aliphatic carbocycles. The molecule has 0 radical (unpaired) electrons. The molecule has 4 rings (SSSR count). The lowest BCUT2D eigenvalue weighted by Crippen LogP contribution is -2.45. The van der Waals surface area contributed by atoms with E-state index in [1.165, 1.54) is 5.56 Å². The lowest BCUT2D eigenvalue weighted by atomic mass is 9.85. The number of aromatic nitrogens is 1. The second-order valence-electron chi connectivity index (χ2n) is 8.53. The molecule has 0 spiro atoms. The predicted molar refractivity (Wildman–Crippen MR) is 117 cm³/mol. The first-order chi connectivity index (χ1) is 14.7. The molecule has 1 aromatic heterocycles. The molecule has 0 N–H and O–H groups in total. The number of hydrogen-bond donors (Lipinski definition) is 0. The van der Waals surface area contributed by atoms with E-state index in [0.717, 1.165) is 64.0 Å². The first-order valence-electron chi connectivity index (χ1n) is 11.0. The Labute approximate surface area is 178 Å². The van der Waals surface area contributed by atoms with Gasteiger partial charge >= 0.3 is 0 Å². The number of nitroso groups, excluding NO2 is 1. The van der Waals surface area contributed by atoms with Gasteiger partial charge in [0.25, 0.3) is 0 Å². The van der Waals surface area contributed by atoms with Crippen LogP contribution in [0.1, 0.15) is 42.9 Å². The minimum Gasteiger partial charge on any atom is -0.342 e. The monoisotopic (exact) mass is 406 g/mol. The van der Waals surface area contributed by atoms with Crippen molar-refractivity contribution in [3.63, 3.8) is 0 Å². The Morgan fingerprint density at radius 1 is 0.967 bits per heavy atom. The van der Waals surface area contributed by atoms with Gasteiger partial charge in [0.2, 0.25) is 5.91 Å². The lowest BCUT2D eigenvalue weighted by Gasteiger charge is -2.38. The van der Waals surface area contributed by atoms with Crippen LogP contribution in [0.15, 0.2) is 60.0 Å². The quantitative estimate of drug-likeness (QED) is 0.679. The van der Waals surface area contributed by atoms with Crippen molar-refractivity contribution in [2.75, 3.05) is 26.2 Å². The molecule has 1 unspecified atom stereocenters. The minimum atomic E-state index is -0.306. The number of hydrogen-bond acceptors (Lipinski definition) is 5. The van der Waals surface area contributed by atoms with E-state index in [2.05, 4.69) is 27.2 Å². The first-order valence-corrected chi connectivity index (χ1v) is 11.0. The zero-order valence-electron chi connectivity index (χ0n) is 17.4. The number of piperidine rings is 2. The summed E-state index contributed by atoms with van der Waals surface area (Å²) in [4.78, 5) is 33.1. The molecule has 1 aromatic carbocycles. The molecule has 30 heavy (non-hydrogen) atoms. The van der Waals surface area contributed by atoms with Crippen molar-refractivity contribution < 1.29 is 4.79 Å². The van der Waals surface area contributed by atoms with Gasteiger partial charge in [0.1, 0.15) is 6.04 Å². The zero-order chi connectivity index (χ0) is 20.8. The Morgan fingerprint density at radius 2 is 1.63 bits per heavy atom. The summed E-state index contributed by atoms with van der Waals surface area (Å²) < 4.78 is 0. The zero-order valence-corrected chi connectivity index (χ0v) is 17.4. The van der Waals surface area contributed by atoms with Gasteiger partial charge in [-0.3, -0.25) is 14.7 Å². The molecule has 0 bridgehead atoms. The van der Waals surface area contributed by atoms with E-state index in [1.807, 2.05) is 47.6 Å². The Hall–Kier alpha value is -2.60. The summed E-state index contributed by atoms with van der Waals surface area (Å²) in [7, 11) is 0. The molecular formula is C24H30N4O2. The number of benzene rings is 1. The third-order valence-corrected chi connectivity index (χ3v) is 6.64. The van der Waals surface area contributed by atoms with Gasteiger partial charge in [0.05, 0.1) is 0 Å². The van der Waals surface area contributed by atoms with Crippen molar-refractivity contribution in [3.05, 3.63) is 70.9 Å². The van der Waals surface area contributed by atoms with E-state index < -0.39 is 0 Å². The molecule has 2 aliphatic heterocycles. The molecule has 2 aliphatic rings. The molecule has 2 aromatic rings. The van der Waals surface area contributed by atoms with Crippen molar-refractivity contribution in [1.82, 2.24) is 14.8 Å². The highest BCUT2D eigenvalue weighted by Crippen LogP contribution is 2.34. The van der Waals surface area contributed by atoms with Crippen LogP contribution in [0.2, 0.25) is 0 Å². The number of pyridine rings is 1. The molecule has 1 amide bonds. The molecule has 6 nitrogen and oxygen atoms in total. The van der Waals surface area contributed by atoms with E-state index in [0.29, 0.717) is 5.91 Å². The van der Waals surface area contributed by atoms with Crippen LogP contribution in [0.25, 0.3) is 0 Å². The highest BCUT2D eigenvalue weighted by molar-refractivity contribution is 5.79. The number of carbonyl (C=O) groups is 1.